The first-order chi connectivity index (χ1) is 11.6. The van der Waals surface area contributed by atoms with Crippen LogP contribution in [0.4, 0.5) is 5.95 Å². The van der Waals surface area contributed by atoms with E-state index in [9.17, 15) is 0 Å². The maximum absolute atomic E-state index is 5.86. The van der Waals surface area contributed by atoms with Crippen LogP contribution in [0.5, 0.6) is 5.75 Å². The Morgan fingerprint density at radius 1 is 1.08 bits per heavy atom. The van der Waals surface area contributed by atoms with Gasteiger partial charge in [0.25, 0.3) is 0 Å². The quantitative estimate of drug-likeness (QED) is 0.688. The predicted molar refractivity (Wildman–Crippen MR) is 94.5 cm³/mol. The molecular formula is C17H18ClN5O. The Hall–Kier alpha value is -2.60. The number of benzene rings is 1. The van der Waals surface area contributed by atoms with E-state index in [2.05, 4.69) is 15.0 Å². The average molecular weight is 344 g/mol. The van der Waals surface area contributed by atoms with Crippen LogP contribution in [0.3, 0.4) is 0 Å². The summed E-state index contributed by atoms with van der Waals surface area (Å²) >= 11 is 5.86. The molecule has 124 valence electrons. The van der Waals surface area contributed by atoms with Crippen molar-refractivity contribution in [2.75, 3.05) is 25.6 Å². The van der Waals surface area contributed by atoms with Crippen LogP contribution in [-0.4, -0.2) is 40.2 Å². The number of ether oxygens (including phenoxy) is 1. The first-order valence-electron chi connectivity index (χ1n) is 7.52. The van der Waals surface area contributed by atoms with Gasteiger partial charge in [-0.25, -0.2) is 15.0 Å². The van der Waals surface area contributed by atoms with Crippen LogP contribution < -0.4 is 9.64 Å². The van der Waals surface area contributed by atoms with Gasteiger partial charge >= 0.3 is 0 Å². The fourth-order valence-corrected chi connectivity index (χ4v) is 2.34. The summed E-state index contributed by atoms with van der Waals surface area (Å²) in [7, 11) is 3.82. The molecule has 0 aliphatic rings. The van der Waals surface area contributed by atoms with Gasteiger partial charge in [-0.05, 0) is 24.3 Å². The number of rotatable bonds is 6. The molecule has 6 nitrogen and oxygen atoms in total. The Bertz CT molecular complexity index is 784. The Labute approximate surface area is 145 Å². The predicted octanol–water partition coefficient (Wildman–Crippen LogP) is 3.14. The highest BCUT2D eigenvalue weighted by molar-refractivity contribution is 6.30. The Balaban J connectivity index is 1.65. The number of hydrogen-bond donors (Lipinski definition) is 0. The minimum absolute atomic E-state index is 0.529. The molecule has 0 amide bonds. The van der Waals surface area contributed by atoms with Gasteiger partial charge in [-0.1, -0.05) is 11.6 Å². The molecule has 0 radical (unpaired) electrons. The molecule has 0 aliphatic carbocycles. The molecule has 2 heterocycles. The molecule has 0 saturated heterocycles. The third-order valence-electron chi connectivity index (χ3n) is 3.46. The Kier molecular flexibility index (Phi) is 4.96. The zero-order valence-electron chi connectivity index (χ0n) is 13.6. The van der Waals surface area contributed by atoms with Crippen molar-refractivity contribution in [3.63, 3.8) is 0 Å². The van der Waals surface area contributed by atoms with Gasteiger partial charge in [0.1, 0.15) is 12.4 Å². The number of imidazole rings is 1. The molecule has 3 aromatic rings. The molecule has 0 unspecified atom stereocenters. The summed E-state index contributed by atoms with van der Waals surface area (Å²) in [6.07, 6.45) is 7.18. The van der Waals surface area contributed by atoms with Gasteiger partial charge in [-0.15, -0.1) is 0 Å². The van der Waals surface area contributed by atoms with Gasteiger partial charge in [0.05, 0.1) is 24.8 Å². The summed E-state index contributed by atoms with van der Waals surface area (Å²) in [4.78, 5) is 14.8. The van der Waals surface area contributed by atoms with E-state index < -0.39 is 0 Å². The Morgan fingerprint density at radius 2 is 1.79 bits per heavy atom. The fourth-order valence-electron chi connectivity index (χ4n) is 2.22. The number of anilines is 1. The molecule has 0 atom stereocenters. The average Bonchev–Trinajstić information content (AvgIpc) is 3.05. The van der Waals surface area contributed by atoms with E-state index >= 15 is 0 Å². The van der Waals surface area contributed by atoms with E-state index in [0.717, 1.165) is 17.0 Å². The van der Waals surface area contributed by atoms with E-state index in [1.54, 1.807) is 24.9 Å². The first kappa shape index (κ1) is 16.3. The van der Waals surface area contributed by atoms with Crippen molar-refractivity contribution in [1.82, 2.24) is 19.5 Å². The highest BCUT2D eigenvalue weighted by Gasteiger charge is 2.07. The second-order valence-corrected chi connectivity index (χ2v) is 5.88. The minimum atomic E-state index is 0.529. The van der Waals surface area contributed by atoms with Crippen molar-refractivity contribution in [2.24, 2.45) is 0 Å². The van der Waals surface area contributed by atoms with E-state index in [4.69, 9.17) is 16.3 Å². The summed E-state index contributed by atoms with van der Waals surface area (Å²) < 4.78 is 7.75. The summed E-state index contributed by atoms with van der Waals surface area (Å²) in [6.45, 7) is 1.20. The molecule has 0 bridgehead atoms. The van der Waals surface area contributed by atoms with Crippen molar-refractivity contribution >= 4 is 17.5 Å². The van der Waals surface area contributed by atoms with Gasteiger partial charge in [0.15, 0.2) is 0 Å². The zero-order valence-corrected chi connectivity index (χ0v) is 14.3. The van der Waals surface area contributed by atoms with E-state index in [-0.39, 0.29) is 0 Å². The fraction of sp³-hybridized carbons (Fsp3) is 0.235. The summed E-state index contributed by atoms with van der Waals surface area (Å²) in [5.41, 5.74) is 1.88. The molecule has 0 N–H and O–H groups in total. The van der Waals surface area contributed by atoms with Crippen molar-refractivity contribution < 1.29 is 4.74 Å². The lowest BCUT2D eigenvalue weighted by atomic mass is 10.2. The lowest BCUT2D eigenvalue weighted by molar-refractivity contribution is 0.299. The lowest BCUT2D eigenvalue weighted by Gasteiger charge is -2.12. The molecule has 2 aromatic heterocycles. The normalized spacial score (nSPS) is 10.6. The molecule has 0 saturated carbocycles. The molecule has 7 heteroatoms. The zero-order chi connectivity index (χ0) is 16.9. The van der Waals surface area contributed by atoms with Crippen LogP contribution in [0, 0.1) is 0 Å². The van der Waals surface area contributed by atoms with Gasteiger partial charge in [-0.3, -0.25) is 0 Å². The van der Waals surface area contributed by atoms with Crippen molar-refractivity contribution in [1.29, 1.82) is 0 Å². The summed E-state index contributed by atoms with van der Waals surface area (Å²) in [5, 5.41) is 0.695. The molecule has 1 aromatic carbocycles. The van der Waals surface area contributed by atoms with Gasteiger partial charge < -0.3 is 14.2 Å². The third kappa shape index (κ3) is 3.83. The number of hydrogen-bond acceptors (Lipinski definition) is 5. The van der Waals surface area contributed by atoms with Crippen molar-refractivity contribution in [3.8, 4) is 17.0 Å². The van der Waals surface area contributed by atoms with E-state index in [1.165, 1.54) is 0 Å². The smallest absolute Gasteiger partial charge is 0.224 e. The Morgan fingerprint density at radius 3 is 2.46 bits per heavy atom. The molecule has 0 aliphatic heterocycles. The van der Waals surface area contributed by atoms with Crippen LogP contribution in [0.15, 0.2) is 49.2 Å². The van der Waals surface area contributed by atoms with Crippen LogP contribution >= 0.6 is 11.6 Å². The molecule has 0 spiro atoms. The molecular weight excluding hydrogens is 326 g/mol. The number of halogens is 1. The maximum atomic E-state index is 5.86. The van der Waals surface area contributed by atoms with Crippen LogP contribution in [-0.2, 0) is 6.54 Å². The van der Waals surface area contributed by atoms with Crippen LogP contribution in [0.1, 0.15) is 0 Å². The summed E-state index contributed by atoms with van der Waals surface area (Å²) in [6, 6.07) is 7.32. The number of aromatic nitrogens is 4. The van der Waals surface area contributed by atoms with E-state index in [0.29, 0.717) is 24.1 Å². The second-order valence-electron chi connectivity index (χ2n) is 5.44. The second kappa shape index (κ2) is 7.31. The third-order valence-corrected chi connectivity index (χ3v) is 3.71. The van der Waals surface area contributed by atoms with Crippen LogP contribution in [0.25, 0.3) is 11.3 Å². The number of nitrogens with zero attached hydrogens (tertiary/aromatic N) is 5. The highest BCUT2D eigenvalue weighted by atomic mass is 35.5. The van der Waals surface area contributed by atoms with Gasteiger partial charge in [-0.2, -0.15) is 0 Å². The molecule has 0 fully saturated rings. The van der Waals surface area contributed by atoms with Crippen LogP contribution in [0.2, 0.25) is 5.02 Å². The molecule has 3 rings (SSSR count). The van der Waals surface area contributed by atoms with Crippen molar-refractivity contribution in [3.05, 3.63) is 54.2 Å². The lowest BCUT2D eigenvalue weighted by Crippen LogP contribution is -2.12. The molecule has 24 heavy (non-hydrogen) atoms. The summed E-state index contributed by atoms with van der Waals surface area (Å²) in [5.74, 6) is 1.47. The monoisotopic (exact) mass is 343 g/mol. The maximum Gasteiger partial charge on any atom is 0.224 e. The topological polar surface area (TPSA) is 56.1 Å². The minimum Gasteiger partial charge on any atom is -0.492 e. The highest BCUT2D eigenvalue weighted by Crippen LogP contribution is 2.19. The standard InChI is InChI=1S/C17H18ClN5O/c1-22(2)17-20-9-13(10-21-17)16-11-19-12-23(16)7-8-24-15-5-3-14(18)4-6-15/h3-6,9-12H,7-8H2,1-2H3. The van der Waals surface area contributed by atoms with Crippen molar-refractivity contribution in [2.45, 2.75) is 6.54 Å². The van der Waals surface area contributed by atoms with Gasteiger partial charge in [0, 0.05) is 37.1 Å². The van der Waals surface area contributed by atoms with E-state index in [1.807, 2.05) is 47.8 Å². The largest absolute Gasteiger partial charge is 0.492 e. The first-order valence-corrected chi connectivity index (χ1v) is 7.89. The SMILES string of the molecule is CN(C)c1ncc(-c2cncn2CCOc2ccc(Cl)cc2)cn1. The van der Waals surface area contributed by atoms with Gasteiger partial charge in [0.2, 0.25) is 5.95 Å².